The van der Waals surface area contributed by atoms with E-state index in [1.165, 1.54) is 0 Å². The zero-order valence-electron chi connectivity index (χ0n) is 11.4. The number of carboxylic acid groups (broad SMARTS) is 1. The van der Waals surface area contributed by atoms with E-state index in [0.717, 1.165) is 12.0 Å². The molecule has 1 aromatic carbocycles. The van der Waals surface area contributed by atoms with E-state index in [4.69, 9.17) is 9.84 Å². The summed E-state index contributed by atoms with van der Waals surface area (Å²) in [5.41, 5.74) is -0.0128. The summed E-state index contributed by atoms with van der Waals surface area (Å²) in [7, 11) is 0. The zero-order chi connectivity index (χ0) is 14.5. The number of nitrogens with one attached hydrogen (secondary N) is 1. The van der Waals surface area contributed by atoms with Crippen LogP contribution in [0.25, 0.3) is 0 Å². The first-order valence-corrected chi connectivity index (χ1v) is 6.13. The van der Waals surface area contributed by atoms with Crippen molar-refractivity contribution in [1.82, 2.24) is 5.32 Å². The summed E-state index contributed by atoms with van der Waals surface area (Å²) >= 11 is 0. The van der Waals surface area contributed by atoms with E-state index in [0.29, 0.717) is 5.75 Å². The number of carbonyl (C=O) groups excluding carboxylic acids is 1. The molecule has 19 heavy (non-hydrogen) atoms. The molecule has 0 saturated heterocycles. The lowest BCUT2D eigenvalue weighted by molar-refractivity contribution is -0.141. The number of aryl methyl sites for hydroxylation is 1. The Morgan fingerprint density at radius 3 is 2.63 bits per heavy atom. The number of carbonyl (C=O) groups is 2. The van der Waals surface area contributed by atoms with Crippen molar-refractivity contribution in [2.45, 2.75) is 32.8 Å². The van der Waals surface area contributed by atoms with Crippen molar-refractivity contribution in [2.75, 3.05) is 6.54 Å². The van der Waals surface area contributed by atoms with Crippen LogP contribution in [0, 0.1) is 0 Å². The zero-order valence-corrected chi connectivity index (χ0v) is 11.4. The van der Waals surface area contributed by atoms with E-state index < -0.39 is 24.0 Å². The third-order valence-corrected chi connectivity index (χ3v) is 2.63. The van der Waals surface area contributed by atoms with Crippen LogP contribution in [0.2, 0.25) is 0 Å². The number of rotatable bonds is 6. The SMILES string of the molecule is CCc1cccc(OC(C)(C)C(=O)NCC(=O)O)c1. The van der Waals surface area contributed by atoms with Gasteiger partial charge in [-0.3, -0.25) is 9.59 Å². The van der Waals surface area contributed by atoms with Gasteiger partial charge in [-0.05, 0) is 38.0 Å². The van der Waals surface area contributed by atoms with Gasteiger partial charge >= 0.3 is 5.97 Å². The molecule has 1 aromatic rings. The monoisotopic (exact) mass is 265 g/mol. The molecule has 104 valence electrons. The normalized spacial score (nSPS) is 10.9. The first kappa shape index (κ1) is 15.0. The Labute approximate surface area is 112 Å². The number of hydrogen-bond acceptors (Lipinski definition) is 3. The van der Waals surface area contributed by atoms with Crippen molar-refractivity contribution in [2.24, 2.45) is 0 Å². The molecule has 0 fully saturated rings. The summed E-state index contributed by atoms with van der Waals surface area (Å²) in [5, 5.41) is 10.8. The minimum atomic E-state index is -1.12. The molecule has 0 aliphatic carbocycles. The van der Waals surface area contributed by atoms with Gasteiger partial charge in [0.1, 0.15) is 12.3 Å². The number of carboxylic acids is 1. The average molecular weight is 265 g/mol. The van der Waals surface area contributed by atoms with Gasteiger partial charge in [-0.15, -0.1) is 0 Å². The van der Waals surface area contributed by atoms with Crippen molar-refractivity contribution < 1.29 is 19.4 Å². The van der Waals surface area contributed by atoms with Gasteiger partial charge in [0.2, 0.25) is 0 Å². The van der Waals surface area contributed by atoms with E-state index in [9.17, 15) is 9.59 Å². The lowest BCUT2D eigenvalue weighted by Gasteiger charge is -2.25. The van der Waals surface area contributed by atoms with Crippen LogP contribution in [-0.4, -0.2) is 29.1 Å². The van der Waals surface area contributed by atoms with E-state index >= 15 is 0 Å². The Morgan fingerprint density at radius 2 is 2.05 bits per heavy atom. The molecule has 0 aliphatic heterocycles. The molecule has 5 nitrogen and oxygen atoms in total. The highest BCUT2D eigenvalue weighted by Gasteiger charge is 2.30. The van der Waals surface area contributed by atoms with E-state index in [-0.39, 0.29) is 0 Å². The Kier molecular flexibility index (Phi) is 4.92. The molecule has 0 heterocycles. The summed E-state index contributed by atoms with van der Waals surface area (Å²) < 4.78 is 5.63. The molecule has 0 spiro atoms. The molecule has 0 atom stereocenters. The molecule has 0 aliphatic rings. The highest BCUT2D eigenvalue weighted by atomic mass is 16.5. The number of aliphatic carboxylic acids is 1. The average Bonchev–Trinajstić information content (AvgIpc) is 2.35. The summed E-state index contributed by atoms with van der Waals surface area (Å²) in [6.45, 7) is 4.82. The van der Waals surface area contributed by atoms with E-state index in [1.54, 1.807) is 19.9 Å². The Hall–Kier alpha value is -2.04. The van der Waals surface area contributed by atoms with Crippen LogP contribution >= 0.6 is 0 Å². The van der Waals surface area contributed by atoms with Crippen LogP contribution in [0.15, 0.2) is 24.3 Å². The first-order chi connectivity index (χ1) is 8.85. The highest BCUT2D eigenvalue weighted by Crippen LogP contribution is 2.20. The van der Waals surface area contributed by atoms with Crippen LogP contribution in [0.1, 0.15) is 26.3 Å². The van der Waals surface area contributed by atoms with Crippen molar-refractivity contribution in [3.63, 3.8) is 0 Å². The molecule has 2 N–H and O–H groups in total. The van der Waals surface area contributed by atoms with Gasteiger partial charge in [0.05, 0.1) is 0 Å². The number of amides is 1. The number of benzene rings is 1. The van der Waals surface area contributed by atoms with Gasteiger partial charge in [0.25, 0.3) is 5.91 Å². The predicted octanol–water partition coefficient (Wildman–Crippen LogP) is 1.61. The maximum atomic E-state index is 11.8. The fourth-order valence-electron chi connectivity index (χ4n) is 1.54. The third-order valence-electron chi connectivity index (χ3n) is 2.63. The topological polar surface area (TPSA) is 75.6 Å². The smallest absolute Gasteiger partial charge is 0.322 e. The number of ether oxygens (including phenoxy) is 1. The summed E-state index contributed by atoms with van der Waals surface area (Å²) in [5.74, 6) is -0.955. The van der Waals surface area contributed by atoms with Gasteiger partial charge < -0.3 is 15.2 Å². The quantitative estimate of drug-likeness (QED) is 0.819. The lowest BCUT2D eigenvalue weighted by Crippen LogP contribution is -2.47. The molecular formula is C14H19NO4. The second kappa shape index (κ2) is 6.22. The third kappa shape index (κ3) is 4.62. The summed E-state index contributed by atoms with van der Waals surface area (Å²) in [4.78, 5) is 22.2. The number of hydrogen-bond donors (Lipinski definition) is 2. The molecule has 0 saturated carbocycles. The van der Waals surface area contributed by atoms with Gasteiger partial charge in [0, 0.05) is 0 Å². The van der Waals surface area contributed by atoms with E-state index in [2.05, 4.69) is 5.32 Å². The fourth-order valence-corrected chi connectivity index (χ4v) is 1.54. The predicted molar refractivity (Wildman–Crippen MR) is 71.2 cm³/mol. The maximum absolute atomic E-state index is 11.8. The molecule has 0 radical (unpaired) electrons. The van der Waals surface area contributed by atoms with Crippen LogP contribution in [0.4, 0.5) is 0 Å². The Bertz CT molecular complexity index is 468. The van der Waals surface area contributed by atoms with Crippen LogP contribution in [0.3, 0.4) is 0 Å². The standard InChI is InChI=1S/C14H19NO4/c1-4-10-6-5-7-11(8-10)19-14(2,3)13(18)15-9-12(16)17/h5-8H,4,9H2,1-3H3,(H,15,18)(H,16,17). The van der Waals surface area contributed by atoms with Gasteiger partial charge in [-0.25, -0.2) is 0 Å². The second-order valence-corrected chi connectivity index (χ2v) is 4.69. The van der Waals surface area contributed by atoms with Crippen molar-refractivity contribution in [3.05, 3.63) is 29.8 Å². The van der Waals surface area contributed by atoms with Crippen molar-refractivity contribution >= 4 is 11.9 Å². The molecule has 1 rings (SSSR count). The molecule has 0 unspecified atom stereocenters. The maximum Gasteiger partial charge on any atom is 0.322 e. The molecule has 1 amide bonds. The Balaban J connectivity index is 2.71. The van der Waals surface area contributed by atoms with Crippen LogP contribution < -0.4 is 10.1 Å². The van der Waals surface area contributed by atoms with Gasteiger partial charge in [0.15, 0.2) is 5.60 Å². The Morgan fingerprint density at radius 1 is 1.37 bits per heavy atom. The molecular weight excluding hydrogens is 246 g/mol. The van der Waals surface area contributed by atoms with Crippen molar-refractivity contribution in [3.8, 4) is 5.75 Å². The van der Waals surface area contributed by atoms with Gasteiger partial charge in [-0.2, -0.15) is 0 Å². The second-order valence-electron chi connectivity index (χ2n) is 4.69. The van der Waals surface area contributed by atoms with Gasteiger partial charge in [-0.1, -0.05) is 19.1 Å². The fraction of sp³-hybridized carbons (Fsp3) is 0.429. The largest absolute Gasteiger partial charge is 0.480 e. The minimum absolute atomic E-state index is 0.416. The minimum Gasteiger partial charge on any atom is -0.480 e. The summed E-state index contributed by atoms with van der Waals surface area (Å²) in [6.07, 6.45) is 0.878. The summed E-state index contributed by atoms with van der Waals surface area (Å²) in [6, 6.07) is 7.47. The van der Waals surface area contributed by atoms with E-state index in [1.807, 2.05) is 25.1 Å². The van der Waals surface area contributed by atoms with Crippen LogP contribution in [-0.2, 0) is 16.0 Å². The molecule has 5 heteroatoms. The van der Waals surface area contributed by atoms with Crippen LogP contribution in [0.5, 0.6) is 5.75 Å². The molecule has 0 aromatic heterocycles. The molecule has 0 bridgehead atoms. The lowest BCUT2D eigenvalue weighted by atomic mass is 10.1. The van der Waals surface area contributed by atoms with Crippen molar-refractivity contribution in [1.29, 1.82) is 0 Å². The first-order valence-electron chi connectivity index (χ1n) is 6.13. The highest BCUT2D eigenvalue weighted by molar-refractivity contribution is 5.87.